The Labute approximate surface area is 95.5 Å². The highest BCUT2D eigenvalue weighted by molar-refractivity contribution is 6.42. The predicted molar refractivity (Wildman–Crippen MR) is 65.0 cm³/mol. The molecule has 0 radical (unpaired) electrons. The van der Waals surface area contributed by atoms with Gasteiger partial charge in [0.05, 0.1) is 10.0 Å². The SMILES string of the molecule is CCCCC=Cc1cccc(Cl)c1Cl. The number of hydrogen-bond acceptors (Lipinski definition) is 0. The molecule has 0 N–H and O–H groups in total. The summed E-state index contributed by atoms with van der Waals surface area (Å²) in [5, 5.41) is 1.26. The summed E-state index contributed by atoms with van der Waals surface area (Å²) < 4.78 is 0. The van der Waals surface area contributed by atoms with E-state index in [1.165, 1.54) is 12.8 Å². The Morgan fingerprint density at radius 1 is 1.29 bits per heavy atom. The summed E-state index contributed by atoms with van der Waals surface area (Å²) in [6, 6.07) is 5.68. The highest BCUT2D eigenvalue weighted by Gasteiger charge is 1.99. The van der Waals surface area contributed by atoms with Crippen LogP contribution in [0.2, 0.25) is 10.0 Å². The van der Waals surface area contributed by atoms with Crippen molar-refractivity contribution in [1.29, 1.82) is 0 Å². The summed E-state index contributed by atoms with van der Waals surface area (Å²) in [5.41, 5.74) is 0.996. The Kier molecular flexibility index (Phi) is 5.06. The van der Waals surface area contributed by atoms with E-state index >= 15 is 0 Å². The minimum absolute atomic E-state index is 0.615. The second-order valence-electron chi connectivity index (χ2n) is 3.19. The molecule has 0 aliphatic heterocycles. The van der Waals surface area contributed by atoms with Crippen molar-refractivity contribution in [3.8, 4) is 0 Å². The van der Waals surface area contributed by atoms with Crippen LogP contribution in [-0.2, 0) is 0 Å². The highest BCUT2D eigenvalue weighted by Crippen LogP contribution is 2.26. The molecule has 0 bridgehead atoms. The van der Waals surface area contributed by atoms with Gasteiger partial charge in [0.2, 0.25) is 0 Å². The van der Waals surface area contributed by atoms with E-state index in [9.17, 15) is 0 Å². The molecular weight excluding hydrogens is 215 g/mol. The van der Waals surface area contributed by atoms with Crippen molar-refractivity contribution in [1.82, 2.24) is 0 Å². The smallest absolute Gasteiger partial charge is 0.0664 e. The Bertz CT molecular complexity index is 316. The molecule has 2 heteroatoms. The van der Waals surface area contributed by atoms with Crippen LogP contribution < -0.4 is 0 Å². The van der Waals surface area contributed by atoms with Crippen molar-refractivity contribution in [3.05, 3.63) is 39.9 Å². The molecule has 14 heavy (non-hydrogen) atoms. The lowest BCUT2D eigenvalue weighted by Gasteiger charge is -1.99. The molecule has 0 saturated heterocycles. The topological polar surface area (TPSA) is 0 Å². The summed E-state index contributed by atoms with van der Waals surface area (Å²) in [6.45, 7) is 2.18. The van der Waals surface area contributed by atoms with Gasteiger partial charge in [0.25, 0.3) is 0 Å². The van der Waals surface area contributed by atoms with Gasteiger partial charge in [0, 0.05) is 0 Å². The summed E-state index contributed by atoms with van der Waals surface area (Å²) in [4.78, 5) is 0. The molecule has 1 aromatic rings. The van der Waals surface area contributed by atoms with Gasteiger partial charge < -0.3 is 0 Å². The highest BCUT2D eigenvalue weighted by atomic mass is 35.5. The van der Waals surface area contributed by atoms with Gasteiger partial charge in [-0.3, -0.25) is 0 Å². The average molecular weight is 229 g/mol. The van der Waals surface area contributed by atoms with Crippen molar-refractivity contribution in [2.75, 3.05) is 0 Å². The quantitative estimate of drug-likeness (QED) is 0.622. The van der Waals surface area contributed by atoms with Crippen LogP contribution in [0.15, 0.2) is 24.3 Å². The average Bonchev–Trinajstić information content (AvgIpc) is 2.19. The molecule has 0 aliphatic carbocycles. The molecule has 76 valence electrons. The van der Waals surface area contributed by atoms with E-state index in [2.05, 4.69) is 13.0 Å². The van der Waals surface area contributed by atoms with E-state index < -0.39 is 0 Å². The maximum Gasteiger partial charge on any atom is 0.0664 e. The van der Waals surface area contributed by atoms with E-state index in [1.807, 2.05) is 18.2 Å². The third kappa shape index (κ3) is 3.36. The van der Waals surface area contributed by atoms with Crippen molar-refractivity contribution < 1.29 is 0 Å². The molecule has 0 fully saturated rings. The Hall–Kier alpha value is -0.460. The molecule has 0 amide bonds. The van der Waals surface area contributed by atoms with Crippen LogP contribution in [0.25, 0.3) is 6.08 Å². The van der Waals surface area contributed by atoms with Gasteiger partial charge in [-0.1, -0.05) is 67.3 Å². The molecule has 0 heterocycles. The number of allylic oxidation sites excluding steroid dienone is 1. The first-order valence-corrected chi connectivity index (χ1v) is 5.62. The normalized spacial score (nSPS) is 11.1. The zero-order valence-electron chi connectivity index (χ0n) is 8.26. The maximum absolute atomic E-state index is 6.02. The zero-order chi connectivity index (χ0) is 10.4. The largest absolute Gasteiger partial charge is 0.0839 e. The Morgan fingerprint density at radius 2 is 2.07 bits per heavy atom. The van der Waals surface area contributed by atoms with Gasteiger partial charge in [0.15, 0.2) is 0 Å². The molecule has 0 aliphatic rings. The molecule has 0 spiro atoms. The molecule has 1 rings (SSSR count). The molecule has 0 nitrogen and oxygen atoms in total. The number of unbranched alkanes of at least 4 members (excludes halogenated alkanes) is 2. The lowest BCUT2D eigenvalue weighted by molar-refractivity contribution is 0.816. The lowest BCUT2D eigenvalue weighted by Crippen LogP contribution is -1.76. The second-order valence-corrected chi connectivity index (χ2v) is 3.97. The van der Waals surface area contributed by atoms with Crippen LogP contribution in [-0.4, -0.2) is 0 Å². The van der Waals surface area contributed by atoms with Gasteiger partial charge in [-0.25, -0.2) is 0 Å². The monoisotopic (exact) mass is 228 g/mol. The van der Waals surface area contributed by atoms with Crippen molar-refractivity contribution in [2.24, 2.45) is 0 Å². The third-order valence-electron chi connectivity index (χ3n) is 2.00. The maximum atomic E-state index is 6.02. The lowest BCUT2D eigenvalue weighted by atomic mass is 10.1. The summed E-state index contributed by atoms with van der Waals surface area (Å²) in [7, 11) is 0. The Balaban J connectivity index is 2.67. The fraction of sp³-hybridized carbons (Fsp3) is 0.333. The van der Waals surface area contributed by atoms with Crippen LogP contribution in [0.4, 0.5) is 0 Å². The molecule has 0 saturated carbocycles. The van der Waals surface area contributed by atoms with Crippen LogP contribution >= 0.6 is 23.2 Å². The van der Waals surface area contributed by atoms with Gasteiger partial charge >= 0.3 is 0 Å². The van der Waals surface area contributed by atoms with Gasteiger partial charge in [0.1, 0.15) is 0 Å². The van der Waals surface area contributed by atoms with Crippen molar-refractivity contribution in [2.45, 2.75) is 26.2 Å². The van der Waals surface area contributed by atoms with E-state index in [0.717, 1.165) is 12.0 Å². The van der Waals surface area contributed by atoms with Crippen molar-refractivity contribution in [3.63, 3.8) is 0 Å². The molecule has 0 aromatic heterocycles. The van der Waals surface area contributed by atoms with E-state index in [0.29, 0.717) is 10.0 Å². The first-order chi connectivity index (χ1) is 6.75. The minimum atomic E-state index is 0.615. The van der Waals surface area contributed by atoms with Gasteiger partial charge in [-0.15, -0.1) is 0 Å². The zero-order valence-corrected chi connectivity index (χ0v) is 9.78. The number of halogens is 2. The van der Waals surface area contributed by atoms with Gasteiger partial charge in [-0.05, 0) is 18.1 Å². The fourth-order valence-corrected chi connectivity index (χ4v) is 1.55. The molecule has 1 aromatic carbocycles. The summed E-state index contributed by atoms with van der Waals surface area (Å²) >= 11 is 11.9. The van der Waals surface area contributed by atoms with Crippen LogP contribution in [0.3, 0.4) is 0 Å². The second kappa shape index (κ2) is 6.10. The molecule has 0 unspecified atom stereocenters. The molecule has 0 atom stereocenters. The van der Waals surface area contributed by atoms with E-state index in [1.54, 1.807) is 6.07 Å². The number of hydrogen-bond donors (Lipinski definition) is 0. The van der Waals surface area contributed by atoms with Crippen LogP contribution in [0.1, 0.15) is 31.7 Å². The first kappa shape index (κ1) is 11.6. The third-order valence-corrected chi connectivity index (χ3v) is 2.84. The summed E-state index contributed by atoms with van der Waals surface area (Å²) in [6.07, 6.45) is 7.70. The predicted octanol–water partition coefficient (Wildman–Crippen LogP) is 5.20. The Morgan fingerprint density at radius 3 is 2.79 bits per heavy atom. The minimum Gasteiger partial charge on any atom is -0.0839 e. The van der Waals surface area contributed by atoms with E-state index in [-0.39, 0.29) is 0 Å². The van der Waals surface area contributed by atoms with Gasteiger partial charge in [-0.2, -0.15) is 0 Å². The van der Waals surface area contributed by atoms with Crippen molar-refractivity contribution >= 4 is 29.3 Å². The van der Waals surface area contributed by atoms with Crippen LogP contribution in [0.5, 0.6) is 0 Å². The van der Waals surface area contributed by atoms with Crippen LogP contribution in [0, 0.1) is 0 Å². The summed E-state index contributed by atoms with van der Waals surface area (Å²) in [5.74, 6) is 0. The molecular formula is C12H14Cl2. The standard InChI is InChI=1S/C12H14Cl2/c1-2-3-4-5-7-10-8-6-9-11(13)12(10)14/h5-9H,2-4H2,1H3. The van der Waals surface area contributed by atoms with E-state index in [4.69, 9.17) is 23.2 Å². The number of benzene rings is 1. The number of rotatable bonds is 4. The first-order valence-electron chi connectivity index (χ1n) is 4.86. The fourth-order valence-electron chi connectivity index (χ4n) is 1.18.